The molecule has 0 bridgehead atoms. The number of nitrogens with zero attached hydrogens (tertiary/aromatic N) is 1. The summed E-state index contributed by atoms with van der Waals surface area (Å²) >= 11 is 0. The number of hydrogen-bond donors (Lipinski definition) is 0. The molecule has 2 unspecified atom stereocenters. The van der Waals surface area contributed by atoms with E-state index in [4.69, 9.17) is 0 Å². The molecule has 0 radical (unpaired) electrons. The van der Waals surface area contributed by atoms with Crippen molar-refractivity contribution in [2.24, 2.45) is 5.41 Å². The average molecular weight is 362 g/mol. The smallest absolute Gasteiger partial charge is 0.0245 e. The van der Waals surface area contributed by atoms with Gasteiger partial charge in [-0.15, -0.1) is 0 Å². The number of hydrogen-bond acceptors (Lipinski definition) is 1. The summed E-state index contributed by atoms with van der Waals surface area (Å²) in [5, 5.41) is 0. The molecule has 0 N–H and O–H groups in total. The first-order valence-electron chi connectivity index (χ1n) is 10.5. The van der Waals surface area contributed by atoms with E-state index in [1.165, 1.54) is 17.5 Å². The second kappa shape index (κ2) is 6.21. The Morgan fingerprint density at radius 3 is 2.22 bits per heavy atom. The van der Waals surface area contributed by atoms with Gasteiger partial charge in [-0.3, -0.25) is 4.90 Å². The summed E-state index contributed by atoms with van der Waals surface area (Å²) < 4.78 is 0. The SMILES string of the molecule is Cc1cccc2c1C(C(C)(C)C)C(c1ccc3c(c1)CN(C(C)(C)C)C3)C2. The molecule has 0 saturated heterocycles. The van der Waals surface area contributed by atoms with Crippen LogP contribution in [0.25, 0.3) is 0 Å². The first kappa shape index (κ1) is 18.7. The Hall–Kier alpha value is -1.60. The van der Waals surface area contributed by atoms with E-state index in [2.05, 4.69) is 89.8 Å². The molecule has 2 aromatic rings. The number of fused-ring (bicyclic) bond motifs is 2. The summed E-state index contributed by atoms with van der Waals surface area (Å²) in [6.07, 6.45) is 1.18. The van der Waals surface area contributed by atoms with Gasteiger partial charge in [0.25, 0.3) is 0 Å². The Morgan fingerprint density at radius 2 is 1.56 bits per heavy atom. The fourth-order valence-electron chi connectivity index (χ4n) is 5.39. The van der Waals surface area contributed by atoms with Gasteiger partial charge in [-0.25, -0.2) is 0 Å². The Morgan fingerprint density at radius 1 is 0.852 bits per heavy atom. The van der Waals surface area contributed by atoms with E-state index in [9.17, 15) is 0 Å². The molecule has 27 heavy (non-hydrogen) atoms. The van der Waals surface area contributed by atoms with Crippen LogP contribution in [-0.2, 0) is 19.5 Å². The lowest BCUT2D eigenvalue weighted by molar-refractivity contribution is 0.136. The highest BCUT2D eigenvalue weighted by Crippen LogP contribution is 2.54. The second-order valence-electron chi connectivity index (χ2n) is 10.9. The standard InChI is InChI=1S/C26H35N/c1-17-9-8-10-19-14-22(24(23(17)19)25(2,3)4)18-11-12-20-15-27(26(5,6)7)16-21(20)13-18/h8-13,22,24H,14-16H2,1-7H3. The maximum atomic E-state index is 2.59. The highest BCUT2D eigenvalue weighted by molar-refractivity contribution is 5.48. The van der Waals surface area contributed by atoms with Crippen LogP contribution >= 0.6 is 0 Å². The molecule has 1 nitrogen and oxygen atoms in total. The van der Waals surface area contributed by atoms with Crippen molar-refractivity contribution in [2.75, 3.05) is 0 Å². The van der Waals surface area contributed by atoms with Crippen LogP contribution in [0.5, 0.6) is 0 Å². The van der Waals surface area contributed by atoms with Crippen molar-refractivity contribution < 1.29 is 0 Å². The lowest BCUT2D eigenvalue weighted by Gasteiger charge is -2.34. The highest BCUT2D eigenvalue weighted by Gasteiger charge is 2.41. The molecule has 0 aromatic heterocycles. The molecule has 144 valence electrons. The topological polar surface area (TPSA) is 3.24 Å². The van der Waals surface area contributed by atoms with E-state index in [-0.39, 0.29) is 11.0 Å². The quantitative estimate of drug-likeness (QED) is 0.554. The fourth-order valence-corrected chi connectivity index (χ4v) is 5.39. The van der Waals surface area contributed by atoms with Gasteiger partial charge in [0.05, 0.1) is 0 Å². The van der Waals surface area contributed by atoms with Gasteiger partial charge >= 0.3 is 0 Å². The van der Waals surface area contributed by atoms with Crippen LogP contribution < -0.4 is 0 Å². The van der Waals surface area contributed by atoms with Crippen LogP contribution in [0, 0.1) is 12.3 Å². The number of benzene rings is 2. The third-order valence-corrected chi connectivity index (χ3v) is 6.83. The third-order valence-electron chi connectivity index (χ3n) is 6.83. The predicted molar refractivity (Wildman–Crippen MR) is 115 cm³/mol. The molecule has 4 rings (SSSR count). The fraction of sp³-hybridized carbons (Fsp3) is 0.538. The van der Waals surface area contributed by atoms with E-state index in [0.29, 0.717) is 11.8 Å². The zero-order chi connectivity index (χ0) is 19.6. The largest absolute Gasteiger partial charge is 0.290 e. The molecule has 0 spiro atoms. The average Bonchev–Trinajstić information content (AvgIpc) is 3.15. The van der Waals surface area contributed by atoms with Crippen LogP contribution in [0.2, 0.25) is 0 Å². The Bertz CT molecular complexity index is 863. The molecule has 0 amide bonds. The van der Waals surface area contributed by atoms with Crippen molar-refractivity contribution in [1.29, 1.82) is 0 Å². The van der Waals surface area contributed by atoms with Gasteiger partial charge in [0.15, 0.2) is 0 Å². The molecule has 1 heterocycles. The van der Waals surface area contributed by atoms with E-state index in [1.807, 2.05) is 0 Å². The summed E-state index contributed by atoms with van der Waals surface area (Å²) in [4.78, 5) is 2.59. The minimum Gasteiger partial charge on any atom is -0.290 e. The van der Waals surface area contributed by atoms with Gasteiger partial charge < -0.3 is 0 Å². The second-order valence-corrected chi connectivity index (χ2v) is 10.9. The van der Waals surface area contributed by atoms with Crippen LogP contribution in [-0.4, -0.2) is 10.4 Å². The van der Waals surface area contributed by atoms with Gasteiger partial charge in [0.2, 0.25) is 0 Å². The Balaban J connectivity index is 1.72. The number of rotatable bonds is 1. The van der Waals surface area contributed by atoms with E-state index < -0.39 is 0 Å². The van der Waals surface area contributed by atoms with Crippen molar-refractivity contribution in [3.05, 3.63) is 69.8 Å². The highest BCUT2D eigenvalue weighted by atomic mass is 15.2. The van der Waals surface area contributed by atoms with Crippen molar-refractivity contribution in [2.45, 2.75) is 85.4 Å². The van der Waals surface area contributed by atoms with Gasteiger partial charge in [-0.05, 0) is 84.7 Å². The Labute approximate surface area is 165 Å². The van der Waals surface area contributed by atoms with Crippen LogP contribution in [0.1, 0.15) is 86.8 Å². The summed E-state index contributed by atoms with van der Waals surface area (Å²) in [6, 6.07) is 14.3. The first-order chi connectivity index (χ1) is 12.6. The van der Waals surface area contributed by atoms with Crippen LogP contribution in [0.3, 0.4) is 0 Å². The molecule has 2 aromatic carbocycles. The molecular weight excluding hydrogens is 326 g/mol. The van der Waals surface area contributed by atoms with E-state index in [0.717, 1.165) is 13.1 Å². The summed E-state index contributed by atoms with van der Waals surface area (Å²) in [5.41, 5.74) is 9.75. The lowest BCUT2D eigenvalue weighted by Crippen LogP contribution is -2.36. The molecule has 0 fully saturated rings. The minimum absolute atomic E-state index is 0.230. The summed E-state index contributed by atoms with van der Waals surface area (Å²) in [7, 11) is 0. The molecular formula is C26H35N. The molecule has 1 aliphatic heterocycles. The predicted octanol–water partition coefficient (Wildman–Crippen LogP) is 6.58. The normalized spacial score (nSPS) is 22.8. The van der Waals surface area contributed by atoms with E-state index in [1.54, 1.807) is 22.3 Å². The van der Waals surface area contributed by atoms with Crippen molar-refractivity contribution >= 4 is 0 Å². The van der Waals surface area contributed by atoms with Crippen LogP contribution in [0.15, 0.2) is 36.4 Å². The minimum atomic E-state index is 0.230. The van der Waals surface area contributed by atoms with Gasteiger partial charge in [0, 0.05) is 18.6 Å². The maximum absolute atomic E-state index is 2.59. The van der Waals surface area contributed by atoms with Gasteiger partial charge in [0.1, 0.15) is 0 Å². The third kappa shape index (κ3) is 3.25. The van der Waals surface area contributed by atoms with Gasteiger partial charge in [-0.1, -0.05) is 57.2 Å². The lowest BCUT2D eigenvalue weighted by atomic mass is 9.70. The zero-order valence-electron chi connectivity index (χ0n) is 18.2. The molecule has 1 heteroatoms. The first-order valence-corrected chi connectivity index (χ1v) is 10.5. The van der Waals surface area contributed by atoms with Crippen molar-refractivity contribution in [3.8, 4) is 0 Å². The molecule has 1 aliphatic carbocycles. The molecule has 0 saturated carbocycles. The van der Waals surface area contributed by atoms with E-state index >= 15 is 0 Å². The van der Waals surface area contributed by atoms with Crippen molar-refractivity contribution in [1.82, 2.24) is 4.90 Å². The molecule has 2 aliphatic rings. The van der Waals surface area contributed by atoms with Crippen molar-refractivity contribution in [3.63, 3.8) is 0 Å². The monoisotopic (exact) mass is 361 g/mol. The summed E-state index contributed by atoms with van der Waals surface area (Å²) in [6.45, 7) is 18.7. The molecule has 2 atom stereocenters. The number of aryl methyl sites for hydroxylation is 1. The van der Waals surface area contributed by atoms with Crippen LogP contribution in [0.4, 0.5) is 0 Å². The zero-order valence-corrected chi connectivity index (χ0v) is 18.2. The summed E-state index contributed by atoms with van der Waals surface area (Å²) in [5.74, 6) is 1.18. The van der Waals surface area contributed by atoms with Gasteiger partial charge in [-0.2, -0.15) is 0 Å². The maximum Gasteiger partial charge on any atom is 0.0245 e. The Kier molecular flexibility index (Phi) is 4.31.